The van der Waals surface area contributed by atoms with E-state index >= 15 is 0 Å². The van der Waals surface area contributed by atoms with Gasteiger partial charge in [0.05, 0.1) is 6.61 Å². The average molecular weight is 448 g/mol. The number of Topliss-reactive ketones (excluding diaryl/α,β-unsaturated/α-hetero) is 1. The van der Waals surface area contributed by atoms with Crippen LogP contribution >= 0.6 is 0 Å². The van der Waals surface area contributed by atoms with Crippen molar-refractivity contribution in [3.05, 3.63) is 102 Å². The minimum Gasteiger partial charge on any atom is -0.491 e. The van der Waals surface area contributed by atoms with Crippen LogP contribution in [0.5, 0.6) is 5.75 Å². The van der Waals surface area contributed by atoms with E-state index in [-0.39, 0.29) is 23.6 Å². The summed E-state index contributed by atoms with van der Waals surface area (Å²) < 4.78 is 25.4. The molecule has 0 N–H and O–H groups in total. The maximum absolute atomic E-state index is 13.2. The fraction of sp³-hybridized carbons (Fsp3) is 0.321. The second kappa shape index (κ2) is 11.7. The Morgan fingerprint density at radius 3 is 2.21 bits per heavy atom. The van der Waals surface area contributed by atoms with Gasteiger partial charge < -0.3 is 14.4 Å². The summed E-state index contributed by atoms with van der Waals surface area (Å²) in [5.74, 6) is 0.602. The zero-order valence-electron chi connectivity index (χ0n) is 18.7. The molecular weight excluding hydrogens is 417 g/mol. The van der Waals surface area contributed by atoms with E-state index < -0.39 is 0 Å². The number of carbonyl (C=O) groups excluding carboxylic acids is 1. The molecule has 4 rings (SSSR count). The number of hydrogen-bond acceptors (Lipinski definition) is 4. The summed E-state index contributed by atoms with van der Waals surface area (Å²) in [7, 11) is 0. The lowest BCUT2D eigenvalue weighted by molar-refractivity contribution is -0.0161. The first-order valence-electron chi connectivity index (χ1n) is 11.5. The first kappa shape index (κ1) is 23.1. The van der Waals surface area contributed by atoms with E-state index in [1.165, 1.54) is 12.1 Å². The van der Waals surface area contributed by atoms with Gasteiger partial charge in [-0.3, -0.25) is 4.79 Å². The van der Waals surface area contributed by atoms with Gasteiger partial charge in [0.2, 0.25) is 0 Å². The Balaban J connectivity index is 1.31. The molecule has 3 aromatic rings. The molecule has 172 valence electrons. The van der Waals surface area contributed by atoms with Crippen LogP contribution in [0.3, 0.4) is 0 Å². The zero-order chi connectivity index (χ0) is 22.9. The normalized spacial score (nSPS) is 15.8. The standard InChI is InChI=1S/C28H30FNO3/c29-25-13-11-23(12-14-25)28(31)24-15-17-30(18-16-24)19-27(21-33-26-9-5-2-6-10-26)32-20-22-7-3-1-4-8-22/h1-14,24,27H,15-21H2. The van der Waals surface area contributed by atoms with Crippen LogP contribution in [0.25, 0.3) is 0 Å². The van der Waals surface area contributed by atoms with E-state index in [0.717, 1.165) is 43.8 Å². The molecule has 0 bridgehead atoms. The largest absolute Gasteiger partial charge is 0.491 e. The summed E-state index contributed by atoms with van der Waals surface area (Å²) in [5.41, 5.74) is 1.72. The Bertz CT molecular complexity index is 943. The van der Waals surface area contributed by atoms with Gasteiger partial charge in [0, 0.05) is 18.0 Å². The van der Waals surface area contributed by atoms with Gasteiger partial charge in [-0.2, -0.15) is 0 Å². The number of ether oxygens (including phenoxy) is 2. The molecule has 1 aliphatic rings. The summed E-state index contributed by atoms with van der Waals surface area (Å²) in [5, 5.41) is 0. The van der Waals surface area contributed by atoms with Crippen molar-refractivity contribution in [2.75, 3.05) is 26.2 Å². The van der Waals surface area contributed by atoms with Crippen molar-refractivity contribution >= 4 is 5.78 Å². The Kier molecular flexibility index (Phi) is 8.23. The van der Waals surface area contributed by atoms with Crippen LogP contribution in [-0.2, 0) is 11.3 Å². The number of para-hydroxylation sites is 1. The number of benzene rings is 3. The lowest BCUT2D eigenvalue weighted by Gasteiger charge is -2.33. The van der Waals surface area contributed by atoms with Crippen LogP contribution in [0.4, 0.5) is 4.39 Å². The van der Waals surface area contributed by atoms with E-state index in [2.05, 4.69) is 17.0 Å². The number of likely N-dealkylation sites (tertiary alicyclic amines) is 1. The quantitative estimate of drug-likeness (QED) is 0.391. The Hall–Kier alpha value is -3.02. The highest BCUT2D eigenvalue weighted by Crippen LogP contribution is 2.23. The van der Waals surface area contributed by atoms with Crippen molar-refractivity contribution in [1.82, 2.24) is 4.90 Å². The molecule has 1 unspecified atom stereocenters. The maximum Gasteiger partial charge on any atom is 0.166 e. The van der Waals surface area contributed by atoms with Gasteiger partial charge in [-0.25, -0.2) is 4.39 Å². The zero-order valence-corrected chi connectivity index (χ0v) is 18.7. The molecule has 0 amide bonds. The predicted molar refractivity (Wildman–Crippen MR) is 127 cm³/mol. The molecule has 1 atom stereocenters. The molecule has 5 heteroatoms. The highest BCUT2D eigenvalue weighted by Gasteiger charge is 2.27. The van der Waals surface area contributed by atoms with Crippen molar-refractivity contribution in [3.63, 3.8) is 0 Å². The molecule has 1 fully saturated rings. The van der Waals surface area contributed by atoms with Crippen molar-refractivity contribution in [3.8, 4) is 5.75 Å². The van der Waals surface area contributed by atoms with Crippen molar-refractivity contribution < 1.29 is 18.7 Å². The van der Waals surface area contributed by atoms with E-state index in [9.17, 15) is 9.18 Å². The second-order valence-corrected chi connectivity index (χ2v) is 8.49. The van der Waals surface area contributed by atoms with Crippen LogP contribution < -0.4 is 4.74 Å². The summed E-state index contributed by atoms with van der Waals surface area (Å²) in [6.07, 6.45) is 1.50. The number of nitrogens with zero attached hydrogens (tertiary/aromatic N) is 1. The smallest absolute Gasteiger partial charge is 0.166 e. The van der Waals surface area contributed by atoms with Gasteiger partial charge >= 0.3 is 0 Å². The number of piperidine rings is 1. The number of rotatable bonds is 10. The van der Waals surface area contributed by atoms with Gasteiger partial charge in [0.1, 0.15) is 24.3 Å². The first-order chi connectivity index (χ1) is 16.2. The molecule has 33 heavy (non-hydrogen) atoms. The summed E-state index contributed by atoms with van der Waals surface area (Å²) in [6, 6.07) is 25.8. The van der Waals surface area contributed by atoms with Crippen molar-refractivity contribution in [2.24, 2.45) is 5.92 Å². The minimum absolute atomic E-state index is 0.0176. The molecule has 1 aliphatic heterocycles. The van der Waals surface area contributed by atoms with Crippen LogP contribution in [0, 0.1) is 11.7 Å². The minimum atomic E-state index is -0.319. The highest BCUT2D eigenvalue weighted by atomic mass is 19.1. The molecule has 4 nitrogen and oxygen atoms in total. The summed E-state index contributed by atoms with van der Waals surface area (Å²) in [4.78, 5) is 15.1. The maximum atomic E-state index is 13.2. The molecule has 0 spiro atoms. The Morgan fingerprint density at radius 1 is 0.909 bits per heavy atom. The number of halogens is 1. The third-order valence-corrected chi connectivity index (χ3v) is 6.06. The average Bonchev–Trinajstić information content (AvgIpc) is 2.87. The third-order valence-electron chi connectivity index (χ3n) is 6.06. The van der Waals surface area contributed by atoms with Gasteiger partial charge in [-0.05, 0) is 67.9 Å². The van der Waals surface area contributed by atoms with E-state index in [1.807, 2.05) is 48.5 Å². The molecule has 1 saturated heterocycles. The Labute approximate surface area is 195 Å². The number of ketones is 1. The molecule has 1 heterocycles. The van der Waals surface area contributed by atoms with E-state index in [0.29, 0.717) is 18.8 Å². The second-order valence-electron chi connectivity index (χ2n) is 8.49. The van der Waals surface area contributed by atoms with Gasteiger partial charge in [-0.15, -0.1) is 0 Å². The summed E-state index contributed by atoms with van der Waals surface area (Å²) >= 11 is 0. The predicted octanol–water partition coefficient (Wildman–Crippen LogP) is 5.38. The third kappa shape index (κ3) is 6.98. The number of hydrogen-bond donors (Lipinski definition) is 0. The summed E-state index contributed by atoms with van der Waals surface area (Å²) in [6.45, 7) is 3.40. The molecule has 0 saturated carbocycles. The topological polar surface area (TPSA) is 38.8 Å². The molecule has 0 radical (unpaired) electrons. The van der Waals surface area contributed by atoms with E-state index in [4.69, 9.17) is 9.47 Å². The molecular formula is C28H30FNO3. The molecule has 0 aliphatic carbocycles. The van der Waals surface area contributed by atoms with Gasteiger partial charge in [0.15, 0.2) is 5.78 Å². The van der Waals surface area contributed by atoms with Gasteiger partial charge in [-0.1, -0.05) is 48.5 Å². The number of carbonyl (C=O) groups is 1. The molecule has 0 aromatic heterocycles. The lowest BCUT2D eigenvalue weighted by Crippen LogP contribution is -2.43. The first-order valence-corrected chi connectivity index (χ1v) is 11.5. The fourth-order valence-corrected chi connectivity index (χ4v) is 4.16. The highest BCUT2D eigenvalue weighted by molar-refractivity contribution is 5.97. The Morgan fingerprint density at radius 2 is 1.55 bits per heavy atom. The van der Waals surface area contributed by atoms with Crippen molar-refractivity contribution in [2.45, 2.75) is 25.6 Å². The molecule has 3 aromatic carbocycles. The monoisotopic (exact) mass is 447 g/mol. The van der Waals surface area contributed by atoms with Crippen LogP contribution in [0.15, 0.2) is 84.9 Å². The van der Waals surface area contributed by atoms with Crippen LogP contribution in [0.2, 0.25) is 0 Å². The van der Waals surface area contributed by atoms with Crippen LogP contribution in [0.1, 0.15) is 28.8 Å². The van der Waals surface area contributed by atoms with Crippen LogP contribution in [-0.4, -0.2) is 43.0 Å². The van der Waals surface area contributed by atoms with E-state index in [1.54, 1.807) is 12.1 Å². The fourth-order valence-electron chi connectivity index (χ4n) is 4.16. The van der Waals surface area contributed by atoms with Gasteiger partial charge in [0.25, 0.3) is 0 Å². The lowest BCUT2D eigenvalue weighted by atomic mass is 9.89. The van der Waals surface area contributed by atoms with Crippen molar-refractivity contribution in [1.29, 1.82) is 0 Å². The SMILES string of the molecule is O=C(c1ccc(F)cc1)C1CCN(CC(COc2ccccc2)OCc2ccccc2)CC1.